The van der Waals surface area contributed by atoms with Crippen LogP contribution in [0.1, 0.15) is 65.7 Å². The van der Waals surface area contributed by atoms with Crippen molar-refractivity contribution in [1.29, 1.82) is 0 Å². The Morgan fingerprint density at radius 1 is 1.00 bits per heavy atom. The van der Waals surface area contributed by atoms with Crippen LogP contribution in [0.25, 0.3) is 6.08 Å². The maximum Gasteiger partial charge on any atom is 0.308 e. The standard InChI is InChI=1S/C26H34N2O5/c1-7-20(26(30)32-6)10-8-9-15-33-25-16-21(11-14-24(25)31-5)23(29)13-12-22-19(4)27-17(2)18(3)28-22/h11-14,16,20H,7-10,15H2,1-6H3/b13-12+. The van der Waals surface area contributed by atoms with Gasteiger partial charge in [0, 0.05) is 5.56 Å². The van der Waals surface area contributed by atoms with E-state index in [0.717, 1.165) is 42.8 Å². The van der Waals surface area contributed by atoms with Crippen molar-refractivity contribution in [2.45, 2.75) is 53.4 Å². The molecule has 7 heteroatoms. The number of ether oxygens (including phenoxy) is 3. The second-order valence-electron chi connectivity index (χ2n) is 7.90. The number of rotatable bonds is 12. The first-order valence-corrected chi connectivity index (χ1v) is 11.2. The van der Waals surface area contributed by atoms with Crippen LogP contribution in [0.4, 0.5) is 0 Å². The van der Waals surface area contributed by atoms with Crippen LogP contribution in [0.5, 0.6) is 11.5 Å². The second-order valence-corrected chi connectivity index (χ2v) is 7.90. The normalized spacial score (nSPS) is 11.9. The topological polar surface area (TPSA) is 87.6 Å². The zero-order chi connectivity index (χ0) is 24.4. The van der Waals surface area contributed by atoms with Crippen molar-refractivity contribution in [2.75, 3.05) is 20.8 Å². The maximum absolute atomic E-state index is 12.7. The number of hydrogen-bond donors (Lipinski definition) is 0. The van der Waals surface area contributed by atoms with Crippen molar-refractivity contribution >= 4 is 17.8 Å². The van der Waals surface area contributed by atoms with E-state index in [1.165, 1.54) is 13.2 Å². The highest BCUT2D eigenvalue weighted by molar-refractivity contribution is 6.07. The fraction of sp³-hybridized carbons (Fsp3) is 0.462. The summed E-state index contributed by atoms with van der Waals surface area (Å²) >= 11 is 0. The molecule has 1 aromatic heterocycles. The van der Waals surface area contributed by atoms with Crippen LogP contribution in [0.3, 0.4) is 0 Å². The lowest BCUT2D eigenvalue weighted by atomic mass is 10.00. The monoisotopic (exact) mass is 454 g/mol. The molecule has 33 heavy (non-hydrogen) atoms. The minimum absolute atomic E-state index is 0.0806. The van der Waals surface area contributed by atoms with E-state index in [9.17, 15) is 9.59 Å². The van der Waals surface area contributed by atoms with Gasteiger partial charge in [-0.2, -0.15) is 0 Å². The first kappa shape index (κ1) is 26.0. The van der Waals surface area contributed by atoms with Crippen LogP contribution >= 0.6 is 0 Å². The van der Waals surface area contributed by atoms with Crippen LogP contribution in [-0.2, 0) is 9.53 Å². The number of carbonyl (C=O) groups is 2. The van der Waals surface area contributed by atoms with Gasteiger partial charge in [-0.1, -0.05) is 6.92 Å². The Balaban J connectivity index is 2.01. The summed E-state index contributed by atoms with van der Waals surface area (Å²) in [6.07, 6.45) is 6.32. The molecule has 0 aliphatic carbocycles. The summed E-state index contributed by atoms with van der Waals surface area (Å²) in [6.45, 7) is 8.11. The molecule has 2 aromatic rings. The van der Waals surface area contributed by atoms with Crippen molar-refractivity contribution in [2.24, 2.45) is 5.92 Å². The molecule has 0 spiro atoms. The Kier molecular flexibility index (Phi) is 10.0. The number of methoxy groups -OCH3 is 2. The highest BCUT2D eigenvalue weighted by Crippen LogP contribution is 2.29. The minimum Gasteiger partial charge on any atom is -0.493 e. The third kappa shape index (κ3) is 7.41. The van der Waals surface area contributed by atoms with Gasteiger partial charge in [0.05, 0.1) is 49.5 Å². The number of aromatic nitrogens is 2. The van der Waals surface area contributed by atoms with Gasteiger partial charge in [-0.3, -0.25) is 14.6 Å². The van der Waals surface area contributed by atoms with Crippen LogP contribution in [0.2, 0.25) is 0 Å². The number of hydrogen-bond acceptors (Lipinski definition) is 7. The van der Waals surface area contributed by atoms with E-state index in [-0.39, 0.29) is 17.7 Å². The lowest BCUT2D eigenvalue weighted by Gasteiger charge is -2.13. The molecule has 1 unspecified atom stereocenters. The number of aryl methyl sites for hydroxylation is 3. The molecule has 0 saturated carbocycles. The zero-order valence-corrected chi connectivity index (χ0v) is 20.4. The average molecular weight is 455 g/mol. The number of esters is 1. The summed E-state index contributed by atoms with van der Waals surface area (Å²) in [4.78, 5) is 33.4. The molecule has 1 heterocycles. The van der Waals surface area contributed by atoms with E-state index in [2.05, 4.69) is 9.97 Å². The second kappa shape index (κ2) is 12.7. The molecule has 2 rings (SSSR count). The van der Waals surface area contributed by atoms with Gasteiger partial charge in [-0.05, 0) is 76.8 Å². The molecule has 0 saturated heterocycles. The predicted molar refractivity (Wildman–Crippen MR) is 128 cm³/mol. The molecular weight excluding hydrogens is 420 g/mol. The third-order valence-corrected chi connectivity index (χ3v) is 5.59. The van der Waals surface area contributed by atoms with Crippen LogP contribution in [-0.4, -0.2) is 42.5 Å². The molecule has 1 atom stereocenters. The highest BCUT2D eigenvalue weighted by atomic mass is 16.5. The number of allylic oxidation sites excluding steroid dienone is 1. The molecule has 7 nitrogen and oxygen atoms in total. The number of nitrogens with zero attached hydrogens (tertiary/aromatic N) is 2. The lowest BCUT2D eigenvalue weighted by molar-refractivity contribution is -0.145. The summed E-state index contributed by atoms with van der Waals surface area (Å²) in [5.74, 6) is 0.668. The smallest absolute Gasteiger partial charge is 0.308 e. The highest BCUT2D eigenvalue weighted by Gasteiger charge is 2.16. The van der Waals surface area contributed by atoms with Crippen molar-refractivity contribution < 1.29 is 23.8 Å². The number of benzene rings is 1. The van der Waals surface area contributed by atoms with Gasteiger partial charge in [0.25, 0.3) is 0 Å². The molecule has 0 fully saturated rings. The molecule has 0 aliphatic heterocycles. The summed E-state index contributed by atoms with van der Waals surface area (Å²) in [7, 11) is 2.98. The van der Waals surface area contributed by atoms with Gasteiger partial charge in [-0.25, -0.2) is 4.98 Å². The number of unbranched alkanes of at least 4 members (excludes halogenated alkanes) is 1. The van der Waals surface area contributed by atoms with Gasteiger partial charge < -0.3 is 14.2 Å². The molecule has 0 amide bonds. The summed E-state index contributed by atoms with van der Waals surface area (Å²) in [6, 6.07) is 5.12. The fourth-order valence-corrected chi connectivity index (χ4v) is 3.41. The molecule has 0 radical (unpaired) electrons. The van der Waals surface area contributed by atoms with Crippen LogP contribution < -0.4 is 9.47 Å². The largest absolute Gasteiger partial charge is 0.493 e. The van der Waals surface area contributed by atoms with E-state index in [4.69, 9.17) is 14.2 Å². The van der Waals surface area contributed by atoms with Gasteiger partial charge in [0.2, 0.25) is 0 Å². The molecule has 0 bridgehead atoms. The van der Waals surface area contributed by atoms with Gasteiger partial charge >= 0.3 is 5.97 Å². The SMILES string of the molecule is CCC(CCCCOc1cc(C(=O)/C=C/c2nc(C)c(C)nc2C)ccc1OC)C(=O)OC. The molecule has 0 aliphatic rings. The molecule has 0 N–H and O–H groups in total. The summed E-state index contributed by atoms with van der Waals surface area (Å²) in [5.41, 5.74) is 3.66. The zero-order valence-electron chi connectivity index (χ0n) is 20.4. The quantitative estimate of drug-likeness (QED) is 0.192. The van der Waals surface area contributed by atoms with E-state index in [0.29, 0.717) is 29.4 Å². The maximum atomic E-state index is 12.7. The third-order valence-electron chi connectivity index (χ3n) is 5.59. The Hall–Kier alpha value is -3.22. The van der Waals surface area contributed by atoms with E-state index < -0.39 is 0 Å². The Morgan fingerprint density at radius 3 is 2.39 bits per heavy atom. The molecule has 1 aromatic carbocycles. The van der Waals surface area contributed by atoms with E-state index in [1.807, 2.05) is 27.7 Å². The first-order chi connectivity index (χ1) is 15.8. The van der Waals surface area contributed by atoms with Crippen LogP contribution in [0.15, 0.2) is 24.3 Å². The van der Waals surface area contributed by atoms with Crippen molar-refractivity contribution in [3.05, 3.63) is 52.6 Å². The Labute approximate surface area is 196 Å². The first-order valence-electron chi connectivity index (χ1n) is 11.2. The number of ketones is 1. The van der Waals surface area contributed by atoms with Gasteiger partial charge in [0.15, 0.2) is 17.3 Å². The predicted octanol–water partition coefficient (Wildman–Crippen LogP) is 5.05. The van der Waals surface area contributed by atoms with E-state index in [1.54, 1.807) is 31.4 Å². The van der Waals surface area contributed by atoms with Crippen molar-refractivity contribution in [1.82, 2.24) is 9.97 Å². The van der Waals surface area contributed by atoms with E-state index >= 15 is 0 Å². The van der Waals surface area contributed by atoms with Crippen molar-refractivity contribution in [3.63, 3.8) is 0 Å². The Bertz CT molecular complexity index is 1000. The molecular formula is C26H34N2O5. The van der Waals surface area contributed by atoms with Gasteiger partial charge in [-0.15, -0.1) is 0 Å². The summed E-state index contributed by atoms with van der Waals surface area (Å²) in [5, 5.41) is 0. The van der Waals surface area contributed by atoms with Crippen LogP contribution in [0, 0.1) is 26.7 Å². The minimum atomic E-state index is -0.165. The van der Waals surface area contributed by atoms with Crippen molar-refractivity contribution in [3.8, 4) is 11.5 Å². The van der Waals surface area contributed by atoms with Gasteiger partial charge in [0.1, 0.15) is 0 Å². The average Bonchev–Trinajstić information content (AvgIpc) is 2.82. The summed E-state index contributed by atoms with van der Waals surface area (Å²) < 4.78 is 16.1. The molecule has 178 valence electrons. The lowest BCUT2D eigenvalue weighted by Crippen LogP contribution is -2.15. The fourth-order valence-electron chi connectivity index (χ4n) is 3.41. The Morgan fingerprint density at radius 2 is 1.73 bits per heavy atom. The number of carbonyl (C=O) groups excluding carboxylic acids is 2.